The molecular weight excluding hydrogens is 293 g/mol. The van der Waals surface area contributed by atoms with Gasteiger partial charge < -0.3 is 10.8 Å². The van der Waals surface area contributed by atoms with Crippen LogP contribution in [0.4, 0.5) is 4.39 Å². The highest BCUT2D eigenvalue weighted by Crippen LogP contribution is 2.34. The summed E-state index contributed by atoms with van der Waals surface area (Å²) in [6, 6.07) is 19.2. The van der Waals surface area contributed by atoms with Crippen LogP contribution in [0.1, 0.15) is 17.0 Å². The highest BCUT2D eigenvalue weighted by molar-refractivity contribution is 5.88. The molecule has 0 spiro atoms. The molecule has 0 aliphatic rings. The maximum absolute atomic E-state index is 14.3. The molecule has 0 saturated carbocycles. The van der Waals surface area contributed by atoms with Gasteiger partial charge in [-0.1, -0.05) is 60.7 Å². The van der Waals surface area contributed by atoms with Gasteiger partial charge in [0.15, 0.2) is 0 Å². The molecule has 4 heteroatoms. The van der Waals surface area contributed by atoms with E-state index in [1.807, 2.05) is 36.4 Å². The average molecular weight is 309 g/mol. The molecule has 0 saturated heterocycles. The fourth-order valence-corrected chi connectivity index (χ4v) is 2.92. The third-order valence-corrected chi connectivity index (χ3v) is 4.01. The number of nitrogens with two attached hydrogens (primary N) is 1. The Labute approximate surface area is 133 Å². The Morgan fingerprint density at radius 1 is 0.913 bits per heavy atom. The summed E-state index contributed by atoms with van der Waals surface area (Å²) >= 11 is 0. The van der Waals surface area contributed by atoms with Gasteiger partial charge in [-0.2, -0.15) is 0 Å². The predicted molar refractivity (Wildman–Crippen MR) is 87.4 cm³/mol. The predicted octanol–water partition coefficient (Wildman–Crippen LogP) is 2.96. The number of hydrogen-bond acceptors (Lipinski definition) is 2. The molecule has 0 heterocycles. The van der Waals surface area contributed by atoms with Crippen molar-refractivity contribution in [3.63, 3.8) is 0 Å². The summed E-state index contributed by atoms with van der Waals surface area (Å²) in [6.45, 7) is 0. The zero-order valence-corrected chi connectivity index (χ0v) is 12.3. The number of fused-ring (bicyclic) bond motifs is 1. The van der Waals surface area contributed by atoms with Crippen molar-refractivity contribution < 1.29 is 14.3 Å². The molecule has 3 nitrogen and oxygen atoms in total. The molecule has 0 aromatic heterocycles. The fraction of sp³-hybridized carbons (Fsp3) is 0.105. The molecule has 3 rings (SSSR count). The molecule has 0 bridgehead atoms. The summed E-state index contributed by atoms with van der Waals surface area (Å²) in [6.07, 6.45) is -1.52. The number of amides is 1. The first kappa shape index (κ1) is 15.2. The summed E-state index contributed by atoms with van der Waals surface area (Å²) in [5.41, 5.74) is 6.21. The summed E-state index contributed by atoms with van der Waals surface area (Å²) in [4.78, 5) is 11.6. The highest BCUT2D eigenvalue weighted by Gasteiger charge is 2.30. The maximum Gasteiger partial charge on any atom is 0.247 e. The van der Waals surface area contributed by atoms with Crippen molar-refractivity contribution in [2.24, 2.45) is 5.73 Å². The maximum atomic E-state index is 14.3. The minimum atomic E-state index is -1.52. The second kappa shape index (κ2) is 6.18. The molecule has 23 heavy (non-hydrogen) atoms. The van der Waals surface area contributed by atoms with Crippen molar-refractivity contribution in [3.05, 3.63) is 83.7 Å². The molecule has 0 aliphatic heterocycles. The van der Waals surface area contributed by atoms with E-state index >= 15 is 0 Å². The molecule has 0 fully saturated rings. The molecule has 116 valence electrons. The largest absolute Gasteiger partial charge is 0.382 e. The normalized spacial score (nSPS) is 13.7. The molecule has 1 amide bonds. The van der Waals surface area contributed by atoms with E-state index in [1.54, 1.807) is 24.3 Å². The van der Waals surface area contributed by atoms with E-state index in [0.717, 1.165) is 10.8 Å². The van der Waals surface area contributed by atoms with Crippen molar-refractivity contribution in [1.82, 2.24) is 0 Å². The van der Waals surface area contributed by atoms with Crippen molar-refractivity contribution in [3.8, 4) is 0 Å². The number of halogens is 1. The van der Waals surface area contributed by atoms with Crippen LogP contribution in [0.2, 0.25) is 0 Å². The zero-order chi connectivity index (χ0) is 16.4. The van der Waals surface area contributed by atoms with Gasteiger partial charge in [-0.3, -0.25) is 4.79 Å². The van der Waals surface area contributed by atoms with Crippen LogP contribution in [-0.4, -0.2) is 17.1 Å². The molecule has 3 N–H and O–H groups in total. The lowest BCUT2D eigenvalue weighted by Gasteiger charge is -2.23. The topological polar surface area (TPSA) is 63.3 Å². The van der Waals surface area contributed by atoms with Crippen LogP contribution < -0.4 is 5.73 Å². The minimum absolute atomic E-state index is 0.246. The second-order valence-electron chi connectivity index (χ2n) is 5.41. The minimum Gasteiger partial charge on any atom is -0.382 e. The second-order valence-corrected chi connectivity index (χ2v) is 5.41. The Morgan fingerprint density at radius 3 is 2.26 bits per heavy atom. The van der Waals surface area contributed by atoms with Crippen LogP contribution in [0.25, 0.3) is 10.8 Å². The number of aliphatic hydroxyl groups excluding tert-OH is 1. The third kappa shape index (κ3) is 2.81. The van der Waals surface area contributed by atoms with Gasteiger partial charge in [-0.15, -0.1) is 0 Å². The lowest BCUT2D eigenvalue weighted by Crippen LogP contribution is -2.35. The molecule has 0 radical (unpaired) electrons. The number of hydrogen-bond donors (Lipinski definition) is 2. The number of aliphatic hydroxyl groups is 1. The van der Waals surface area contributed by atoms with Crippen molar-refractivity contribution in [2.75, 3.05) is 0 Å². The fourth-order valence-electron chi connectivity index (χ4n) is 2.92. The van der Waals surface area contributed by atoms with E-state index in [0.29, 0.717) is 5.56 Å². The smallest absolute Gasteiger partial charge is 0.247 e. The Morgan fingerprint density at radius 2 is 1.52 bits per heavy atom. The van der Waals surface area contributed by atoms with Gasteiger partial charge in [-0.05, 0) is 28.0 Å². The Bertz CT molecular complexity index is 857. The van der Waals surface area contributed by atoms with Crippen molar-refractivity contribution >= 4 is 16.7 Å². The van der Waals surface area contributed by atoms with E-state index in [-0.39, 0.29) is 5.56 Å². The number of rotatable bonds is 4. The van der Waals surface area contributed by atoms with Crippen LogP contribution in [0.15, 0.2) is 66.7 Å². The van der Waals surface area contributed by atoms with Gasteiger partial charge in [0.25, 0.3) is 0 Å². The quantitative estimate of drug-likeness (QED) is 0.778. The van der Waals surface area contributed by atoms with Gasteiger partial charge in [0.1, 0.15) is 11.9 Å². The molecule has 3 aromatic rings. The third-order valence-electron chi connectivity index (χ3n) is 4.01. The Hall–Kier alpha value is -2.72. The molecule has 0 aliphatic carbocycles. The molecule has 3 aromatic carbocycles. The van der Waals surface area contributed by atoms with E-state index in [2.05, 4.69) is 0 Å². The van der Waals surface area contributed by atoms with Gasteiger partial charge in [0, 0.05) is 5.92 Å². The summed E-state index contributed by atoms with van der Waals surface area (Å²) in [5.74, 6) is -2.23. The summed E-state index contributed by atoms with van der Waals surface area (Å²) in [5, 5.41) is 12.1. The lowest BCUT2D eigenvalue weighted by atomic mass is 9.83. The first-order chi connectivity index (χ1) is 11.1. The van der Waals surface area contributed by atoms with E-state index in [1.165, 1.54) is 6.07 Å². The van der Waals surface area contributed by atoms with Crippen LogP contribution in [0.3, 0.4) is 0 Å². The summed E-state index contributed by atoms with van der Waals surface area (Å²) in [7, 11) is 0. The van der Waals surface area contributed by atoms with E-state index in [9.17, 15) is 14.3 Å². The number of carbonyl (C=O) groups is 1. The monoisotopic (exact) mass is 309 g/mol. The average Bonchev–Trinajstić information content (AvgIpc) is 2.57. The van der Waals surface area contributed by atoms with Crippen molar-refractivity contribution in [1.29, 1.82) is 0 Å². The number of benzene rings is 3. The number of carbonyl (C=O) groups excluding carboxylic acids is 1. The lowest BCUT2D eigenvalue weighted by molar-refractivity contribution is -0.126. The van der Waals surface area contributed by atoms with E-state index in [4.69, 9.17) is 5.73 Å². The van der Waals surface area contributed by atoms with Crippen LogP contribution in [0, 0.1) is 5.82 Å². The van der Waals surface area contributed by atoms with Crippen LogP contribution in [0.5, 0.6) is 0 Å². The highest BCUT2D eigenvalue weighted by atomic mass is 19.1. The standard InChI is InChI=1S/C19H16FNO2/c20-16-11-4-3-9-15(16)17(18(22)19(21)23)14-10-5-7-12-6-1-2-8-13(12)14/h1-11,17-18,22H,(H2,21,23). The zero-order valence-electron chi connectivity index (χ0n) is 12.3. The van der Waals surface area contributed by atoms with E-state index < -0.39 is 23.7 Å². The SMILES string of the molecule is NC(=O)C(O)C(c1ccccc1F)c1cccc2ccccc12. The van der Waals surface area contributed by atoms with Crippen LogP contribution >= 0.6 is 0 Å². The van der Waals surface area contributed by atoms with Crippen molar-refractivity contribution in [2.45, 2.75) is 12.0 Å². The van der Waals surface area contributed by atoms with Gasteiger partial charge in [0.2, 0.25) is 5.91 Å². The van der Waals surface area contributed by atoms with Crippen LogP contribution in [-0.2, 0) is 4.79 Å². The molecule has 2 atom stereocenters. The van der Waals surface area contributed by atoms with Gasteiger partial charge in [-0.25, -0.2) is 4.39 Å². The first-order valence-corrected chi connectivity index (χ1v) is 7.29. The van der Waals surface area contributed by atoms with Gasteiger partial charge in [0.05, 0.1) is 0 Å². The molecule has 2 unspecified atom stereocenters. The molecular formula is C19H16FNO2. The summed E-state index contributed by atoms with van der Waals surface area (Å²) < 4.78 is 14.3. The Kier molecular flexibility index (Phi) is 4.08. The number of primary amides is 1. The van der Waals surface area contributed by atoms with Gasteiger partial charge >= 0.3 is 0 Å². The Balaban J connectivity index is 2.27. The first-order valence-electron chi connectivity index (χ1n) is 7.29.